The molecule has 1 aromatic rings. The van der Waals surface area contributed by atoms with Crippen LogP contribution in [0.2, 0.25) is 0 Å². The number of nitrogens with one attached hydrogen (secondary N) is 1. The molecule has 150 valence electrons. The highest BCUT2D eigenvalue weighted by Gasteiger charge is 2.26. The number of nitrogens with zero attached hydrogens (tertiary/aromatic N) is 1. The van der Waals surface area contributed by atoms with Crippen molar-refractivity contribution in [1.29, 1.82) is 0 Å². The SMILES string of the molecule is CSc1ccc(S(=O)(=O)NCC2CCCO2)cc1C(=O)N1CCC(C)CC1. The second kappa shape index (κ2) is 8.94. The minimum Gasteiger partial charge on any atom is -0.377 e. The molecule has 0 radical (unpaired) electrons. The van der Waals surface area contributed by atoms with Crippen LogP contribution in [0.15, 0.2) is 28.0 Å². The van der Waals surface area contributed by atoms with Crippen LogP contribution in [-0.2, 0) is 14.8 Å². The number of carbonyl (C=O) groups is 1. The molecule has 0 aliphatic carbocycles. The first-order valence-corrected chi connectivity index (χ1v) is 12.2. The van der Waals surface area contributed by atoms with Crippen molar-refractivity contribution in [3.05, 3.63) is 23.8 Å². The summed E-state index contributed by atoms with van der Waals surface area (Å²) in [6, 6.07) is 4.81. The number of amides is 1. The van der Waals surface area contributed by atoms with Crippen LogP contribution in [0.1, 0.15) is 43.0 Å². The number of hydrogen-bond donors (Lipinski definition) is 1. The second-order valence-corrected chi connectivity index (χ2v) is 9.94. The summed E-state index contributed by atoms with van der Waals surface area (Å²) >= 11 is 1.46. The van der Waals surface area contributed by atoms with Crippen LogP contribution >= 0.6 is 11.8 Å². The Morgan fingerprint density at radius 3 is 2.67 bits per heavy atom. The molecule has 0 aromatic heterocycles. The third kappa shape index (κ3) is 5.04. The highest BCUT2D eigenvalue weighted by Crippen LogP contribution is 2.27. The van der Waals surface area contributed by atoms with Crippen LogP contribution in [0, 0.1) is 5.92 Å². The van der Waals surface area contributed by atoms with Gasteiger partial charge in [-0.15, -0.1) is 11.8 Å². The lowest BCUT2D eigenvalue weighted by Gasteiger charge is -2.30. The molecule has 1 aromatic carbocycles. The number of piperidine rings is 1. The summed E-state index contributed by atoms with van der Waals surface area (Å²) in [6.07, 6.45) is 5.63. The van der Waals surface area contributed by atoms with Gasteiger partial charge in [0.1, 0.15) is 0 Å². The average molecular weight is 413 g/mol. The highest BCUT2D eigenvalue weighted by atomic mass is 32.2. The molecule has 0 saturated carbocycles. The summed E-state index contributed by atoms with van der Waals surface area (Å²) in [7, 11) is -3.68. The number of hydrogen-bond acceptors (Lipinski definition) is 5. The molecule has 2 aliphatic heterocycles. The van der Waals surface area contributed by atoms with E-state index in [9.17, 15) is 13.2 Å². The fourth-order valence-corrected chi connectivity index (χ4v) is 5.16. The lowest BCUT2D eigenvalue weighted by atomic mass is 9.98. The van der Waals surface area contributed by atoms with Crippen molar-refractivity contribution in [2.24, 2.45) is 5.92 Å². The molecule has 1 unspecified atom stereocenters. The first kappa shape index (κ1) is 20.6. The number of likely N-dealkylation sites (tertiary alicyclic amines) is 1. The van der Waals surface area contributed by atoms with Crippen LogP contribution in [-0.4, -0.2) is 57.8 Å². The Bertz CT molecular complexity index is 768. The molecule has 6 nitrogen and oxygen atoms in total. The third-order valence-corrected chi connectivity index (χ3v) is 7.52. The Morgan fingerprint density at radius 1 is 1.30 bits per heavy atom. The van der Waals surface area contributed by atoms with Gasteiger partial charge in [-0.2, -0.15) is 0 Å². The quantitative estimate of drug-likeness (QED) is 0.727. The van der Waals surface area contributed by atoms with Crippen molar-refractivity contribution in [3.63, 3.8) is 0 Å². The fraction of sp³-hybridized carbons (Fsp3) is 0.632. The first-order chi connectivity index (χ1) is 12.9. The van der Waals surface area contributed by atoms with Gasteiger partial charge in [-0.1, -0.05) is 6.92 Å². The van der Waals surface area contributed by atoms with E-state index in [1.54, 1.807) is 12.1 Å². The first-order valence-electron chi connectivity index (χ1n) is 9.49. The topological polar surface area (TPSA) is 75.7 Å². The van der Waals surface area contributed by atoms with Gasteiger partial charge < -0.3 is 9.64 Å². The van der Waals surface area contributed by atoms with E-state index in [2.05, 4.69) is 11.6 Å². The smallest absolute Gasteiger partial charge is 0.255 e. The second-order valence-electron chi connectivity index (χ2n) is 7.32. The fourth-order valence-electron chi connectivity index (χ4n) is 3.49. The lowest BCUT2D eigenvalue weighted by molar-refractivity contribution is 0.0693. The summed E-state index contributed by atoms with van der Waals surface area (Å²) in [6.45, 7) is 4.59. The van der Waals surface area contributed by atoms with Crippen LogP contribution < -0.4 is 4.72 Å². The van der Waals surface area contributed by atoms with Crippen molar-refractivity contribution in [2.45, 2.75) is 48.5 Å². The summed E-state index contributed by atoms with van der Waals surface area (Å²) in [5.74, 6) is 0.546. The van der Waals surface area contributed by atoms with Crippen molar-refractivity contribution < 1.29 is 17.9 Å². The molecule has 27 heavy (non-hydrogen) atoms. The minimum atomic E-state index is -3.68. The van der Waals surface area contributed by atoms with Crippen LogP contribution in [0.25, 0.3) is 0 Å². The Hall–Kier alpha value is -1.09. The zero-order valence-corrected chi connectivity index (χ0v) is 17.6. The van der Waals surface area contributed by atoms with Crippen LogP contribution in [0.5, 0.6) is 0 Å². The maximum absolute atomic E-state index is 13.0. The van der Waals surface area contributed by atoms with E-state index in [0.29, 0.717) is 18.1 Å². The van der Waals surface area contributed by atoms with Gasteiger partial charge in [0.25, 0.3) is 5.91 Å². The standard InChI is InChI=1S/C19H28N2O4S2/c1-14-7-9-21(10-8-14)19(22)17-12-16(5-6-18(17)26-2)27(23,24)20-13-15-4-3-11-25-15/h5-6,12,14-15,20H,3-4,7-11,13H2,1-2H3. The average Bonchev–Trinajstić information content (AvgIpc) is 3.20. The van der Waals surface area contributed by atoms with Crippen LogP contribution in [0.4, 0.5) is 0 Å². The predicted octanol–water partition coefficient (Wildman–Crippen LogP) is 2.74. The monoisotopic (exact) mass is 412 g/mol. The number of benzene rings is 1. The van der Waals surface area contributed by atoms with Crippen LogP contribution in [0.3, 0.4) is 0 Å². The Kier molecular flexibility index (Phi) is 6.83. The van der Waals surface area contributed by atoms with E-state index in [4.69, 9.17) is 4.74 Å². The predicted molar refractivity (Wildman–Crippen MR) is 107 cm³/mol. The van der Waals surface area contributed by atoms with Crippen molar-refractivity contribution in [1.82, 2.24) is 9.62 Å². The largest absolute Gasteiger partial charge is 0.377 e. The van der Waals surface area contributed by atoms with E-state index < -0.39 is 10.0 Å². The van der Waals surface area contributed by atoms with E-state index in [-0.39, 0.29) is 23.5 Å². The zero-order valence-electron chi connectivity index (χ0n) is 15.9. The molecule has 2 fully saturated rings. The van der Waals surface area contributed by atoms with Gasteiger partial charge in [-0.25, -0.2) is 13.1 Å². The molecule has 2 saturated heterocycles. The molecule has 1 atom stereocenters. The molecular weight excluding hydrogens is 384 g/mol. The summed E-state index contributed by atoms with van der Waals surface area (Å²) in [5, 5.41) is 0. The van der Waals surface area contributed by atoms with Crippen molar-refractivity contribution in [3.8, 4) is 0 Å². The van der Waals surface area contributed by atoms with Gasteiger partial charge in [0.15, 0.2) is 0 Å². The number of carbonyl (C=O) groups excluding carboxylic acids is 1. The van der Waals surface area contributed by atoms with E-state index in [1.807, 2.05) is 11.2 Å². The molecule has 0 bridgehead atoms. The summed E-state index contributed by atoms with van der Waals surface area (Å²) in [5.41, 5.74) is 0.469. The van der Waals surface area contributed by atoms with Gasteiger partial charge in [0, 0.05) is 31.1 Å². The third-order valence-electron chi connectivity index (χ3n) is 5.31. The maximum Gasteiger partial charge on any atom is 0.255 e. The van der Waals surface area contributed by atoms with Gasteiger partial charge in [0.2, 0.25) is 10.0 Å². The molecule has 3 rings (SSSR count). The summed E-state index contributed by atoms with van der Waals surface area (Å²) in [4.78, 5) is 15.8. The van der Waals surface area contributed by atoms with Crippen molar-refractivity contribution in [2.75, 3.05) is 32.5 Å². The Morgan fingerprint density at radius 2 is 2.04 bits per heavy atom. The molecule has 2 heterocycles. The number of sulfonamides is 1. The van der Waals surface area contributed by atoms with Gasteiger partial charge in [0.05, 0.1) is 16.6 Å². The van der Waals surface area contributed by atoms with E-state index in [1.165, 1.54) is 17.8 Å². The van der Waals surface area contributed by atoms with Crippen molar-refractivity contribution >= 4 is 27.7 Å². The number of ether oxygens (including phenoxy) is 1. The zero-order chi connectivity index (χ0) is 19.4. The molecule has 2 aliphatic rings. The van der Waals surface area contributed by atoms with Gasteiger partial charge in [-0.3, -0.25) is 4.79 Å². The minimum absolute atomic E-state index is 0.0679. The molecule has 8 heteroatoms. The summed E-state index contributed by atoms with van der Waals surface area (Å²) < 4.78 is 33.5. The Labute approximate surface area is 166 Å². The highest BCUT2D eigenvalue weighted by molar-refractivity contribution is 7.98. The van der Waals surface area contributed by atoms with E-state index in [0.717, 1.165) is 43.7 Å². The van der Waals surface area contributed by atoms with Gasteiger partial charge >= 0.3 is 0 Å². The number of thioether (sulfide) groups is 1. The normalized spacial score (nSPS) is 21.6. The molecule has 1 N–H and O–H groups in total. The molecule has 1 amide bonds. The maximum atomic E-state index is 13.0. The Balaban J connectivity index is 1.78. The molecular formula is C19H28N2O4S2. The van der Waals surface area contributed by atoms with E-state index >= 15 is 0 Å². The number of rotatable bonds is 6. The van der Waals surface area contributed by atoms with Gasteiger partial charge in [-0.05, 0) is 56.1 Å². The lowest BCUT2D eigenvalue weighted by Crippen LogP contribution is -2.38. The molecule has 0 spiro atoms.